The molecule has 1 aliphatic heterocycles. The van der Waals surface area contributed by atoms with Gasteiger partial charge >= 0.3 is 0 Å². The summed E-state index contributed by atoms with van der Waals surface area (Å²) >= 11 is 0. The van der Waals surface area contributed by atoms with Crippen LogP contribution in [-0.2, 0) is 6.42 Å². The second-order valence-corrected chi connectivity index (χ2v) is 8.49. The summed E-state index contributed by atoms with van der Waals surface area (Å²) in [6, 6.07) is 20.6. The van der Waals surface area contributed by atoms with Gasteiger partial charge in [-0.2, -0.15) is 0 Å². The zero-order chi connectivity index (χ0) is 17.5. The normalized spacial score (nSPS) is 32.2. The minimum atomic E-state index is -0.356. The minimum absolute atomic E-state index is 0.284. The highest BCUT2D eigenvalue weighted by atomic mass is 16.3. The SMILES string of the molecule is O[C@@H]1c2ccccc2CC[C@H]1[C@H](c1ccccc1)N1CC[C@H]2CCC[C@H]21. The number of likely N-dealkylation sites (tertiary alicyclic amines) is 1. The van der Waals surface area contributed by atoms with Crippen molar-refractivity contribution in [3.63, 3.8) is 0 Å². The van der Waals surface area contributed by atoms with Gasteiger partial charge in [0.05, 0.1) is 6.10 Å². The van der Waals surface area contributed by atoms with E-state index in [-0.39, 0.29) is 12.0 Å². The molecule has 0 unspecified atom stereocenters. The Bertz CT molecular complexity index is 758. The first kappa shape index (κ1) is 16.5. The lowest BCUT2D eigenvalue weighted by Gasteiger charge is -2.42. The Morgan fingerprint density at radius 1 is 0.885 bits per heavy atom. The molecular formula is C24H29NO. The van der Waals surface area contributed by atoms with E-state index < -0.39 is 0 Å². The first-order valence-corrected chi connectivity index (χ1v) is 10.4. The van der Waals surface area contributed by atoms with Gasteiger partial charge in [0.15, 0.2) is 0 Å². The van der Waals surface area contributed by atoms with Crippen molar-refractivity contribution < 1.29 is 5.11 Å². The fourth-order valence-corrected chi connectivity index (χ4v) is 6.04. The molecule has 1 saturated heterocycles. The topological polar surface area (TPSA) is 23.5 Å². The van der Waals surface area contributed by atoms with Crippen LogP contribution in [0.3, 0.4) is 0 Å². The lowest BCUT2D eigenvalue weighted by atomic mass is 9.75. The first-order chi connectivity index (χ1) is 12.8. The van der Waals surface area contributed by atoms with Crippen LogP contribution in [0.2, 0.25) is 0 Å². The van der Waals surface area contributed by atoms with Crippen LogP contribution in [0.5, 0.6) is 0 Å². The average Bonchev–Trinajstić information content (AvgIpc) is 3.30. The number of aliphatic hydroxyl groups excluding tert-OH is 1. The van der Waals surface area contributed by atoms with E-state index in [0.29, 0.717) is 6.04 Å². The van der Waals surface area contributed by atoms with Crippen molar-refractivity contribution in [2.24, 2.45) is 11.8 Å². The number of rotatable bonds is 3. The molecule has 136 valence electrons. The van der Waals surface area contributed by atoms with E-state index >= 15 is 0 Å². The Morgan fingerprint density at radius 2 is 1.69 bits per heavy atom. The number of hydrogen-bond acceptors (Lipinski definition) is 2. The van der Waals surface area contributed by atoms with E-state index in [4.69, 9.17) is 0 Å². The number of benzene rings is 2. The molecule has 0 amide bonds. The molecule has 0 spiro atoms. The van der Waals surface area contributed by atoms with Crippen LogP contribution < -0.4 is 0 Å². The lowest BCUT2D eigenvalue weighted by Crippen LogP contribution is -2.41. The molecule has 1 saturated carbocycles. The molecule has 2 aromatic rings. The second-order valence-electron chi connectivity index (χ2n) is 8.49. The van der Waals surface area contributed by atoms with Crippen LogP contribution in [0.25, 0.3) is 0 Å². The third-order valence-electron chi connectivity index (χ3n) is 7.23. The molecule has 1 heterocycles. The van der Waals surface area contributed by atoms with Gasteiger partial charge in [0.1, 0.15) is 0 Å². The largest absolute Gasteiger partial charge is 0.388 e. The Balaban J connectivity index is 1.53. The van der Waals surface area contributed by atoms with Crippen LogP contribution in [-0.4, -0.2) is 22.6 Å². The monoisotopic (exact) mass is 347 g/mol. The van der Waals surface area contributed by atoms with Crippen LogP contribution >= 0.6 is 0 Å². The summed E-state index contributed by atoms with van der Waals surface area (Å²) in [6.45, 7) is 1.19. The molecule has 2 heteroatoms. The molecule has 2 fully saturated rings. The standard InChI is InChI=1S/C24H29NO/c26-24-20-11-5-4-7-17(20)13-14-21(24)23(19-8-2-1-3-9-19)25-16-15-18-10-6-12-22(18)25/h1-5,7-9,11,18,21-24,26H,6,10,12-16H2/t18-,21+,22-,23+,24-/m1/s1. The van der Waals surface area contributed by atoms with Crippen molar-refractivity contribution in [1.82, 2.24) is 4.90 Å². The number of aliphatic hydroxyl groups is 1. The highest BCUT2D eigenvalue weighted by molar-refractivity contribution is 5.33. The fraction of sp³-hybridized carbons (Fsp3) is 0.500. The summed E-state index contributed by atoms with van der Waals surface area (Å²) in [5, 5.41) is 11.3. The van der Waals surface area contributed by atoms with Crippen molar-refractivity contribution in [2.75, 3.05) is 6.54 Å². The Kier molecular flexibility index (Phi) is 4.34. The van der Waals surface area contributed by atoms with E-state index in [9.17, 15) is 5.11 Å². The summed E-state index contributed by atoms with van der Waals surface area (Å²) in [4.78, 5) is 2.77. The summed E-state index contributed by atoms with van der Waals surface area (Å²) < 4.78 is 0. The molecule has 1 N–H and O–H groups in total. The summed E-state index contributed by atoms with van der Waals surface area (Å²) in [5.41, 5.74) is 3.89. The van der Waals surface area contributed by atoms with Crippen molar-refractivity contribution in [3.05, 3.63) is 71.3 Å². The second kappa shape index (κ2) is 6.83. The molecule has 0 aromatic heterocycles. The molecule has 2 nitrogen and oxygen atoms in total. The lowest BCUT2D eigenvalue weighted by molar-refractivity contribution is 0.0156. The van der Waals surface area contributed by atoms with Gasteiger partial charge in [0.25, 0.3) is 0 Å². The molecule has 0 bridgehead atoms. The van der Waals surface area contributed by atoms with Gasteiger partial charge in [-0.3, -0.25) is 4.90 Å². The van der Waals surface area contributed by atoms with Crippen LogP contribution in [0.1, 0.15) is 60.9 Å². The van der Waals surface area contributed by atoms with Crippen LogP contribution in [0.4, 0.5) is 0 Å². The molecular weight excluding hydrogens is 318 g/mol. The van der Waals surface area contributed by atoms with Crippen LogP contribution in [0.15, 0.2) is 54.6 Å². The summed E-state index contributed by atoms with van der Waals surface area (Å²) in [7, 11) is 0. The number of nitrogens with zero attached hydrogens (tertiary/aromatic N) is 1. The third kappa shape index (κ3) is 2.71. The van der Waals surface area contributed by atoms with Crippen molar-refractivity contribution in [3.8, 4) is 0 Å². The Labute approximate surface area is 156 Å². The van der Waals surface area contributed by atoms with Gasteiger partial charge in [0.2, 0.25) is 0 Å². The van der Waals surface area contributed by atoms with E-state index in [0.717, 1.165) is 30.4 Å². The summed E-state index contributed by atoms with van der Waals surface area (Å²) in [6.07, 6.45) is 7.27. The third-order valence-corrected chi connectivity index (χ3v) is 7.23. The van der Waals surface area contributed by atoms with Gasteiger partial charge < -0.3 is 5.11 Å². The summed E-state index contributed by atoms with van der Waals surface area (Å²) in [5.74, 6) is 1.17. The van der Waals surface area contributed by atoms with Gasteiger partial charge in [0, 0.05) is 18.0 Å². The van der Waals surface area contributed by atoms with Gasteiger partial charge in [-0.05, 0) is 61.3 Å². The van der Waals surface area contributed by atoms with E-state index in [1.54, 1.807) is 0 Å². The molecule has 2 aromatic carbocycles. The molecule has 5 rings (SSSR count). The fourth-order valence-electron chi connectivity index (χ4n) is 6.04. The zero-order valence-corrected chi connectivity index (χ0v) is 15.4. The van der Waals surface area contributed by atoms with Gasteiger partial charge in [-0.25, -0.2) is 0 Å². The molecule has 0 radical (unpaired) electrons. The number of fused-ring (bicyclic) bond motifs is 2. The quantitative estimate of drug-likeness (QED) is 0.854. The van der Waals surface area contributed by atoms with Crippen molar-refractivity contribution >= 4 is 0 Å². The van der Waals surface area contributed by atoms with E-state index in [1.807, 2.05) is 0 Å². The predicted octanol–water partition coefficient (Wildman–Crippen LogP) is 4.90. The maximum Gasteiger partial charge on any atom is 0.0839 e. The molecule has 3 aliphatic rings. The Hall–Kier alpha value is -1.64. The maximum atomic E-state index is 11.3. The molecule has 5 atom stereocenters. The van der Waals surface area contributed by atoms with Gasteiger partial charge in [-0.1, -0.05) is 61.0 Å². The minimum Gasteiger partial charge on any atom is -0.388 e. The van der Waals surface area contributed by atoms with Crippen molar-refractivity contribution in [1.29, 1.82) is 0 Å². The first-order valence-electron chi connectivity index (χ1n) is 10.4. The van der Waals surface area contributed by atoms with Crippen molar-refractivity contribution in [2.45, 2.75) is 56.7 Å². The van der Waals surface area contributed by atoms with E-state index in [2.05, 4.69) is 59.5 Å². The zero-order valence-electron chi connectivity index (χ0n) is 15.4. The number of aryl methyl sites for hydroxylation is 1. The molecule has 2 aliphatic carbocycles. The smallest absolute Gasteiger partial charge is 0.0839 e. The number of hydrogen-bond donors (Lipinski definition) is 1. The van der Waals surface area contributed by atoms with Gasteiger partial charge in [-0.15, -0.1) is 0 Å². The Morgan fingerprint density at radius 3 is 2.58 bits per heavy atom. The predicted molar refractivity (Wildman–Crippen MR) is 105 cm³/mol. The highest BCUT2D eigenvalue weighted by Gasteiger charge is 2.45. The maximum absolute atomic E-state index is 11.3. The molecule has 26 heavy (non-hydrogen) atoms. The van der Waals surface area contributed by atoms with E-state index in [1.165, 1.54) is 43.4 Å². The highest BCUT2D eigenvalue weighted by Crippen LogP contribution is 2.49. The average molecular weight is 348 g/mol. The van der Waals surface area contributed by atoms with Crippen LogP contribution in [0, 0.1) is 11.8 Å².